The largest absolute Gasteiger partial charge is 0.394 e. The maximum absolute atomic E-state index is 9.06. The Labute approximate surface area is 90.8 Å². The highest BCUT2D eigenvalue weighted by Crippen LogP contribution is 2.07. The average molecular weight is 209 g/mol. The highest BCUT2D eigenvalue weighted by atomic mass is 16.3. The van der Waals surface area contributed by atoms with E-state index in [4.69, 9.17) is 10.2 Å². The van der Waals surface area contributed by atoms with Crippen LogP contribution in [0.4, 0.5) is 0 Å². The number of nitrogens with one attached hydrogen (secondary N) is 1. The molecule has 0 saturated heterocycles. The molecule has 0 unspecified atom stereocenters. The normalized spacial score (nSPS) is 11.7. The Morgan fingerprint density at radius 3 is 2.07 bits per heavy atom. The predicted molar refractivity (Wildman–Crippen MR) is 60.4 cm³/mol. The number of hydrogen-bond acceptors (Lipinski definition) is 3. The van der Waals surface area contributed by atoms with Gasteiger partial charge in [0.2, 0.25) is 0 Å². The van der Waals surface area contributed by atoms with Gasteiger partial charge in [-0.1, -0.05) is 24.3 Å². The van der Waals surface area contributed by atoms with Crippen LogP contribution in [0.15, 0.2) is 24.3 Å². The van der Waals surface area contributed by atoms with Crippen LogP contribution in [0.25, 0.3) is 0 Å². The lowest BCUT2D eigenvalue weighted by molar-refractivity contribution is 0.187. The van der Waals surface area contributed by atoms with Crippen molar-refractivity contribution in [1.29, 1.82) is 0 Å². The molecule has 0 saturated carbocycles. The summed E-state index contributed by atoms with van der Waals surface area (Å²) in [6.45, 7) is 4.82. The van der Waals surface area contributed by atoms with Crippen LogP contribution < -0.4 is 5.32 Å². The van der Waals surface area contributed by atoms with Gasteiger partial charge in [-0.2, -0.15) is 0 Å². The van der Waals surface area contributed by atoms with E-state index in [1.807, 2.05) is 38.1 Å². The molecule has 0 heterocycles. The summed E-state index contributed by atoms with van der Waals surface area (Å²) in [4.78, 5) is 0. The highest BCUT2D eigenvalue weighted by Gasteiger charge is 2.14. The minimum atomic E-state index is -0.254. The summed E-state index contributed by atoms with van der Waals surface area (Å²) >= 11 is 0. The number of benzene rings is 1. The molecule has 15 heavy (non-hydrogen) atoms. The maximum atomic E-state index is 9.06. The van der Waals surface area contributed by atoms with E-state index in [1.165, 1.54) is 0 Å². The second kappa shape index (κ2) is 5.26. The van der Waals surface area contributed by atoms with Gasteiger partial charge >= 0.3 is 0 Å². The summed E-state index contributed by atoms with van der Waals surface area (Å²) in [5.74, 6) is 0. The molecule has 0 atom stereocenters. The van der Waals surface area contributed by atoms with Crippen LogP contribution in [0, 0.1) is 0 Å². The minimum absolute atomic E-state index is 0.0792. The second-order valence-electron chi connectivity index (χ2n) is 4.37. The quantitative estimate of drug-likeness (QED) is 0.679. The molecule has 1 aromatic carbocycles. The fraction of sp³-hybridized carbons (Fsp3) is 0.500. The van der Waals surface area contributed by atoms with Crippen molar-refractivity contribution >= 4 is 0 Å². The van der Waals surface area contributed by atoms with Crippen molar-refractivity contribution in [3.05, 3.63) is 35.4 Å². The molecule has 0 bridgehead atoms. The lowest BCUT2D eigenvalue weighted by Crippen LogP contribution is -2.42. The predicted octanol–water partition coefficient (Wildman–Crippen LogP) is 1.04. The van der Waals surface area contributed by atoms with Crippen molar-refractivity contribution in [2.24, 2.45) is 0 Å². The van der Waals surface area contributed by atoms with Crippen LogP contribution in [0.1, 0.15) is 25.0 Å². The Morgan fingerprint density at radius 1 is 1.07 bits per heavy atom. The van der Waals surface area contributed by atoms with E-state index in [9.17, 15) is 0 Å². The van der Waals surface area contributed by atoms with E-state index < -0.39 is 0 Å². The summed E-state index contributed by atoms with van der Waals surface area (Å²) in [5, 5.41) is 21.2. The first kappa shape index (κ1) is 12.2. The van der Waals surface area contributed by atoms with Gasteiger partial charge in [-0.25, -0.2) is 0 Å². The summed E-state index contributed by atoms with van der Waals surface area (Å²) in [7, 11) is 0. The summed E-state index contributed by atoms with van der Waals surface area (Å²) < 4.78 is 0. The van der Waals surface area contributed by atoms with Crippen molar-refractivity contribution in [1.82, 2.24) is 5.32 Å². The number of aliphatic hydroxyl groups is 2. The van der Waals surface area contributed by atoms with E-state index in [0.29, 0.717) is 0 Å². The number of aliphatic hydroxyl groups excluding tert-OH is 2. The lowest BCUT2D eigenvalue weighted by atomic mass is 10.1. The van der Waals surface area contributed by atoms with E-state index in [0.717, 1.165) is 17.7 Å². The first-order valence-electron chi connectivity index (χ1n) is 5.12. The standard InChI is InChI=1S/C12H19NO2/c1-12(2,9-15)13-7-10-3-5-11(8-14)6-4-10/h3-6,13-15H,7-9H2,1-2H3. The molecule has 0 aliphatic heterocycles. The number of hydrogen-bond donors (Lipinski definition) is 3. The molecule has 0 amide bonds. The first-order chi connectivity index (χ1) is 7.07. The number of rotatable bonds is 5. The zero-order valence-corrected chi connectivity index (χ0v) is 9.33. The topological polar surface area (TPSA) is 52.5 Å². The van der Waals surface area contributed by atoms with Gasteiger partial charge in [-0.05, 0) is 25.0 Å². The Balaban J connectivity index is 2.51. The molecule has 3 nitrogen and oxygen atoms in total. The van der Waals surface area contributed by atoms with E-state index in [1.54, 1.807) is 0 Å². The molecular formula is C12H19NO2. The molecule has 3 heteroatoms. The van der Waals surface area contributed by atoms with Crippen LogP contribution in [0.3, 0.4) is 0 Å². The third-order valence-electron chi connectivity index (χ3n) is 2.37. The van der Waals surface area contributed by atoms with E-state index in [2.05, 4.69) is 5.32 Å². The molecule has 0 spiro atoms. The van der Waals surface area contributed by atoms with Crippen LogP contribution in [-0.2, 0) is 13.2 Å². The monoisotopic (exact) mass is 209 g/mol. The van der Waals surface area contributed by atoms with Crippen molar-refractivity contribution < 1.29 is 10.2 Å². The van der Waals surface area contributed by atoms with Gasteiger partial charge in [0.1, 0.15) is 0 Å². The van der Waals surface area contributed by atoms with Crippen molar-refractivity contribution in [3.63, 3.8) is 0 Å². The molecule has 0 fully saturated rings. The van der Waals surface area contributed by atoms with Crippen molar-refractivity contribution in [2.45, 2.75) is 32.5 Å². The second-order valence-corrected chi connectivity index (χ2v) is 4.37. The van der Waals surface area contributed by atoms with Crippen molar-refractivity contribution in [2.75, 3.05) is 6.61 Å². The van der Waals surface area contributed by atoms with Crippen LogP contribution >= 0.6 is 0 Å². The van der Waals surface area contributed by atoms with Gasteiger partial charge in [-0.3, -0.25) is 0 Å². The Kier molecular flexibility index (Phi) is 4.27. The molecule has 0 aliphatic carbocycles. The molecule has 0 aromatic heterocycles. The molecule has 1 aromatic rings. The molecule has 84 valence electrons. The third kappa shape index (κ3) is 4.00. The van der Waals surface area contributed by atoms with Gasteiger partial charge in [0, 0.05) is 12.1 Å². The molecule has 1 rings (SSSR count). The summed E-state index contributed by atoms with van der Waals surface area (Å²) in [5.41, 5.74) is 1.81. The minimum Gasteiger partial charge on any atom is -0.394 e. The van der Waals surface area contributed by atoms with Crippen molar-refractivity contribution in [3.8, 4) is 0 Å². The molecule has 0 aliphatic rings. The van der Waals surface area contributed by atoms with Crippen LogP contribution in [0.2, 0.25) is 0 Å². The van der Waals surface area contributed by atoms with Gasteiger partial charge in [0.05, 0.1) is 13.2 Å². The Morgan fingerprint density at radius 2 is 1.60 bits per heavy atom. The van der Waals surface area contributed by atoms with Crippen LogP contribution in [0.5, 0.6) is 0 Å². The zero-order chi connectivity index (χ0) is 11.3. The van der Waals surface area contributed by atoms with Gasteiger partial charge < -0.3 is 15.5 Å². The third-order valence-corrected chi connectivity index (χ3v) is 2.37. The van der Waals surface area contributed by atoms with Gasteiger partial charge in [-0.15, -0.1) is 0 Å². The van der Waals surface area contributed by atoms with E-state index >= 15 is 0 Å². The maximum Gasteiger partial charge on any atom is 0.0681 e. The molecular weight excluding hydrogens is 190 g/mol. The van der Waals surface area contributed by atoms with Gasteiger partial charge in [0.25, 0.3) is 0 Å². The zero-order valence-electron chi connectivity index (χ0n) is 9.33. The highest BCUT2D eigenvalue weighted by molar-refractivity contribution is 5.21. The van der Waals surface area contributed by atoms with E-state index in [-0.39, 0.29) is 18.8 Å². The molecule has 0 radical (unpaired) electrons. The van der Waals surface area contributed by atoms with Gasteiger partial charge in [0.15, 0.2) is 0 Å². The SMILES string of the molecule is CC(C)(CO)NCc1ccc(CO)cc1. The fourth-order valence-electron chi connectivity index (χ4n) is 1.16. The smallest absolute Gasteiger partial charge is 0.0681 e. The van der Waals surface area contributed by atoms with Crippen LogP contribution in [-0.4, -0.2) is 22.4 Å². The fourth-order valence-corrected chi connectivity index (χ4v) is 1.16. The summed E-state index contributed by atoms with van der Waals surface area (Å²) in [6, 6.07) is 7.77. The molecule has 3 N–H and O–H groups in total. The Hall–Kier alpha value is -0.900. The Bertz CT molecular complexity index is 293. The first-order valence-corrected chi connectivity index (χ1v) is 5.12. The lowest BCUT2D eigenvalue weighted by Gasteiger charge is -2.23. The average Bonchev–Trinajstić information content (AvgIpc) is 2.27. The summed E-state index contributed by atoms with van der Waals surface area (Å²) in [6.07, 6.45) is 0.